The van der Waals surface area contributed by atoms with Crippen molar-refractivity contribution in [2.45, 2.75) is 33.7 Å². The van der Waals surface area contributed by atoms with E-state index in [-0.39, 0.29) is 0 Å². The Morgan fingerprint density at radius 3 is 2.59 bits per heavy atom. The third-order valence-corrected chi connectivity index (χ3v) is 3.06. The summed E-state index contributed by atoms with van der Waals surface area (Å²) in [6.45, 7) is 8.76. The molecule has 1 aromatic rings. The van der Waals surface area contributed by atoms with Crippen LogP contribution in [0.2, 0.25) is 0 Å². The van der Waals surface area contributed by atoms with E-state index in [0.29, 0.717) is 0 Å². The Kier molecular flexibility index (Phi) is 5.49. The number of nitrogens with zero attached hydrogens (tertiary/aromatic N) is 1. The molecule has 0 saturated heterocycles. The molecular weight excluding hydrogens is 208 g/mol. The maximum absolute atomic E-state index is 3.24. The molecule has 1 N–H and O–H groups in total. The van der Waals surface area contributed by atoms with Crippen LogP contribution in [-0.2, 0) is 6.54 Å². The molecule has 0 fully saturated rings. The van der Waals surface area contributed by atoms with E-state index >= 15 is 0 Å². The average Bonchev–Trinajstić information content (AvgIpc) is 2.26. The van der Waals surface area contributed by atoms with Crippen molar-refractivity contribution >= 4 is 5.69 Å². The third-order valence-electron chi connectivity index (χ3n) is 3.06. The summed E-state index contributed by atoms with van der Waals surface area (Å²) in [5.41, 5.74) is 4.07. The van der Waals surface area contributed by atoms with Crippen molar-refractivity contribution in [2.24, 2.45) is 5.92 Å². The van der Waals surface area contributed by atoms with Crippen LogP contribution < -0.4 is 10.2 Å². The lowest BCUT2D eigenvalue weighted by Crippen LogP contribution is -2.22. The highest BCUT2D eigenvalue weighted by Gasteiger charge is 2.07. The highest BCUT2D eigenvalue weighted by molar-refractivity contribution is 5.54. The molecule has 0 radical (unpaired) electrons. The zero-order valence-corrected chi connectivity index (χ0v) is 11.9. The first-order valence-corrected chi connectivity index (χ1v) is 6.50. The maximum Gasteiger partial charge on any atom is 0.0409 e. The largest absolute Gasteiger partial charge is 0.374 e. The van der Waals surface area contributed by atoms with Gasteiger partial charge < -0.3 is 10.2 Å². The van der Waals surface area contributed by atoms with Crippen LogP contribution in [0.1, 0.15) is 31.4 Å². The summed E-state index contributed by atoms with van der Waals surface area (Å²) < 4.78 is 0. The minimum absolute atomic E-state index is 0.760. The lowest BCUT2D eigenvalue weighted by molar-refractivity contribution is 0.584. The van der Waals surface area contributed by atoms with E-state index in [4.69, 9.17) is 0 Å². The third kappa shape index (κ3) is 4.39. The van der Waals surface area contributed by atoms with Gasteiger partial charge in [0, 0.05) is 25.8 Å². The normalized spacial score (nSPS) is 10.9. The lowest BCUT2D eigenvalue weighted by atomic mass is 10.1. The molecule has 0 spiro atoms. The van der Waals surface area contributed by atoms with E-state index in [1.807, 2.05) is 7.05 Å². The predicted octanol–water partition coefficient (Wildman–Crippen LogP) is 3.20. The topological polar surface area (TPSA) is 15.3 Å². The SMILES string of the molecule is CNCc1cc(C)ccc1N(C)CCC(C)C. The Balaban J connectivity index is 2.80. The standard InChI is InChI=1S/C15H26N2/c1-12(2)8-9-17(5)15-7-6-13(3)10-14(15)11-16-4/h6-7,10,12,16H,8-9,11H2,1-5H3. The van der Waals surface area contributed by atoms with Gasteiger partial charge in [0.05, 0.1) is 0 Å². The molecule has 0 aliphatic heterocycles. The van der Waals surface area contributed by atoms with Gasteiger partial charge in [0.25, 0.3) is 0 Å². The Labute approximate surface area is 106 Å². The van der Waals surface area contributed by atoms with E-state index in [0.717, 1.165) is 19.0 Å². The number of rotatable bonds is 6. The molecule has 0 aromatic heterocycles. The van der Waals surface area contributed by atoms with Gasteiger partial charge in [-0.05, 0) is 37.9 Å². The van der Waals surface area contributed by atoms with Crippen molar-refractivity contribution in [1.82, 2.24) is 5.32 Å². The van der Waals surface area contributed by atoms with Crippen LogP contribution in [0.4, 0.5) is 5.69 Å². The molecule has 0 bridgehead atoms. The van der Waals surface area contributed by atoms with Crippen molar-refractivity contribution in [3.05, 3.63) is 29.3 Å². The molecular formula is C15H26N2. The van der Waals surface area contributed by atoms with Gasteiger partial charge in [-0.2, -0.15) is 0 Å². The highest BCUT2D eigenvalue weighted by atomic mass is 15.1. The van der Waals surface area contributed by atoms with Crippen molar-refractivity contribution in [2.75, 3.05) is 25.5 Å². The summed E-state index contributed by atoms with van der Waals surface area (Å²) in [6.07, 6.45) is 1.24. The summed E-state index contributed by atoms with van der Waals surface area (Å²) >= 11 is 0. The zero-order chi connectivity index (χ0) is 12.8. The van der Waals surface area contributed by atoms with E-state index in [2.05, 4.69) is 56.2 Å². The maximum atomic E-state index is 3.24. The number of nitrogens with one attached hydrogen (secondary N) is 1. The fourth-order valence-corrected chi connectivity index (χ4v) is 1.99. The summed E-state index contributed by atoms with van der Waals surface area (Å²) in [5, 5.41) is 3.24. The lowest BCUT2D eigenvalue weighted by Gasteiger charge is -2.23. The van der Waals surface area contributed by atoms with Gasteiger partial charge in [-0.1, -0.05) is 31.5 Å². The van der Waals surface area contributed by atoms with Crippen molar-refractivity contribution in [3.63, 3.8) is 0 Å². The van der Waals surface area contributed by atoms with Gasteiger partial charge in [0.2, 0.25) is 0 Å². The van der Waals surface area contributed by atoms with Crippen LogP contribution >= 0.6 is 0 Å². The minimum Gasteiger partial charge on any atom is -0.374 e. The fourth-order valence-electron chi connectivity index (χ4n) is 1.99. The van der Waals surface area contributed by atoms with Crippen molar-refractivity contribution in [1.29, 1.82) is 0 Å². The predicted molar refractivity (Wildman–Crippen MR) is 76.7 cm³/mol. The Morgan fingerprint density at radius 2 is 2.00 bits per heavy atom. The van der Waals surface area contributed by atoms with Crippen LogP contribution in [0, 0.1) is 12.8 Å². The number of aryl methyl sites for hydroxylation is 1. The second kappa shape index (κ2) is 6.65. The number of anilines is 1. The first kappa shape index (κ1) is 14.0. The molecule has 2 heteroatoms. The van der Waals surface area contributed by atoms with Crippen molar-refractivity contribution in [3.8, 4) is 0 Å². The second-order valence-electron chi connectivity index (χ2n) is 5.27. The first-order chi connectivity index (χ1) is 8.04. The van der Waals surface area contributed by atoms with Crippen molar-refractivity contribution < 1.29 is 0 Å². The number of benzene rings is 1. The molecule has 0 saturated carbocycles. The fraction of sp³-hybridized carbons (Fsp3) is 0.600. The Bertz CT molecular complexity index is 345. The van der Waals surface area contributed by atoms with E-state index < -0.39 is 0 Å². The van der Waals surface area contributed by atoms with Gasteiger partial charge in [-0.3, -0.25) is 0 Å². The summed E-state index contributed by atoms with van der Waals surface area (Å²) in [4.78, 5) is 2.37. The molecule has 2 nitrogen and oxygen atoms in total. The van der Waals surface area contributed by atoms with Crippen LogP contribution in [-0.4, -0.2) is 20.6 Å². The molecule has 1 aromatic carbocycles. The summed E-state index contributed by atoms with van der Waals surface area (Å²) in [7, 11) is 4.19. The highest BCUT2D eigenvalue weighted by Crippen LogP contribution is 2.21. The van der Waals surface area contributed by atoms with E-state index in [1.165, 1.54) is 23.2 Å². The monoisotopic (exact) mass is 234 g/mol. The Morgan fingerprint density at radius 1 is 1.29 bits per heavy atom. The molecule has 0 heterocycles. The summed E-state index contributed by atoms with van der Waals surface area (Å²) in [5.74, 6) is 0.760. The average molecular weight is 234 g/mol. The molecule has 0 atom stereocenters. The number of hydrogen-bond acceptors (Lipinski definition) is 2. The summed E-state index contributed by atoms with van der Waals surface area (Å²) in [6, 6.07) is 6.71. The molecule has 0 aliphatic rings. The molecule has 96 valence electrons. The van der Waals surface area contributed by atoms with Gasteiger partial charge in [-0.15, -0.1) is 0 Å². The molecule has 0 amide bonds. The Hall–Kier alpha value is -1.02. The van der Waals surface area contributed by atoms with E-state index in [1.54, 1.807) is 0 Å². The van der Waals surface area contributed by atoms with E-state index in [9.17, 15) is 0 Å². The van der Waals surface area contributed by atoms with Crippen LogP contribution in [0.15, 0.2) is 18.2 Å². The molecule has 17 heavy (non-hydrogen) atoms. The molecule has 1 rings (SSSR count). The first-order valence-electron chi connectivity index (χ1n) is 6.50. The molecule has 0 unspecified atom stereocenters. The van der Waals surface area contributed by atoms with Crippen LogP contribution in [0.5, 0.6) is 0 Å². The van der Waals surface area contributed by atoms with Gasteiger partial charge in [0.15, 0.2) is 0 Å². The smallest absolute Gasteiger partial charge is 0.0409 e. The second-order valence-corrected chi connectivity index (χ2v) is 5.27. The molecule has 0 aliphatic carbocycles. The zero-order valence-electron chi connectivity index (χ0n) is 11.9. The van der Waals surface area contributed by atoms with Gasteiger partial charge in [0.1, 0.15) is 0 Å². The quantitative estimate of drug-likeness (QED) is 0.813. The van der Waals surface area contributed by atoms with Gasteiger partial charge >= 0.3 is 0 Å². The van der Waals surface area contributed by atoms with Crippen LogP contribution in [0.25, 0.3) is 0 Å². The minimum atomic E-state index is 0.760. The van der Waals surface area contributed by atoms with Gasteiger partial charge in [-0.25, -0.2) is 0 Å². The van der Waals surface area contributed by atoms with Crippen LogP contribution in [0.3, 0.4) is 0 Å². The number of hydrogen-bond donors (Lipinski definition) is 1.